The van der Waals surface area contributed by atoms with Gasteiger partial charge in [-0.15, -0.1) is 0 Å². The molecule has 0 spiro atoms. The predicted molar refractivity (Wildman–Crippen MR) is 79.4 cm³/mol. The molecule has 1 aromatic heterocycles. The van der Waals surface area contributed by atoms with Crippen molar-refractivity contribution in [3.05, 3.63) is 29.5 Å². The third kappa shape index (κ3) is 2.95. The molecule has 0 saturated heterocycles. The molecule has 0 aliphatic heterocycles. The van der Waals surface area contributed by atoms with Crippen LogP contribution in [0.25, 0.3) is 11.0 Å². The lowest BCUT2D eigenvalue weighted by molar-refractivity contribution is 0.0927. The van der Waals surface area contributed by atoms with Crippen molar-refractivity contribution in [2.45, 2.75) is 33.6 Å². The summed E-state index contributed by atoms with van der Waals surface area (Å²) in [4.78, 5) is 12.1. The van der Waals surface area contributed by atoms with Gasteiger partial charge in [0.15, 0.2) is 5.76 Å². The first-order valence-corrected chi connectivity index (χ1v) is 7.11. The molecule has 0 aliphatic carbocycles. The zero-order valence-electron chi connectivity index (χ0n) is 12.3. The van der Waals surface area contributed by atoms with Crippen LogP contribution in [0.15, 0.2) is 22.6 Å². The van der Waals surface area contributed by atoms with Gasteiger partial charge in [0.25, 0.3) is 5.91 Å². The van der Waals surface area contributed by atoms with Crippen LogP contribution in [0.4, 0.5) is 0 Å². The van der Waals surface area contributed by atoms with Gasteiger partial charge in [0.05, 0.1) is 6.61 Å². The van der Waals surface area contributed by atoms with Crippen molar-refractivity contribution in [1.82, 2.24) is 5.32 Å². The molecule has 0 aliphatic rings. The van der Waals surface area contributed by atoms with E-state index in [1.54, 1.807) is 0 Å². The smallest absolute Gasteiger partial charge is 0.287 e. The van der Waals surface area contributed by atoms with E-state index in [4.69, 9.17) is 9.15 Å². The maximum absolute atomic E-state index is 12.1. The number of unbranched alkanes of at least 4 members (excludes halogenated alkanes) is 1. The van der Waals surface area contributed by atoms with Crippen LogP contribution in [0.5, 0.6) is 5.75 Å². The standard InChI is InChI=1S/C16H21NO3/c1-4-6-9-17-16(18)15-11(3)13-10-12(19-5-2)7-8-14(13)20-15/h7-8,10H,4-6,9H2,1-3H3,(H,17,18). The molecule has 2 aromatic rings. The Morgan fingerprint density at radius 3 is 2.85 bits per heavy atom. The van der Waals surface area contributed by atoms with Gasteiger partial charge >= 0.3 is 0 Å². The van der Waals surface area contributed by atoms with Crippen molar-refractivity contribution < 1.29 is 13.9 Å². The molecule has 1 heterocycles. The van der Waals surface area contributed by atoms with Crippen molar-refractivity contribution in [2.24, 2.45) is 0 Å². The summed E-state index contributed by atoms with van der Waals surface area (Å²) in [6, 6.07) is 5.62. The monoisotopic (exact) mass is 275 g/mol. The Morgan fingerprint density at radius 1 is 1.35 bits per heavy atom. The number of carbonyl (C=O) groups excluding carboxylic acids is 1. The highest BCUT2D eigenvalue weighted by atomic mass is 16.5. The normalized spacial score (nSPS) is 10.8. The molecule has 20 heavy (non-hydrogen) atoms. The lowest BCUT2D eigenvalue weighted by Gasteiger charge is -2.02. The van der Waals surface area contributed by atoms with E-state index in [9.17, 15) is 4.79 Å². The van der Waals surface area contributed by atoms with E-state index in [-0.39, 0.29) is 5.91 Å². The van der Waals surface area contributed by atoms with Gasteiger partial charge in [0.2, 0.25) is 0 Å². The number of ether oxygens (including phenoxy) is 1. The van der Waals surface area contributed by atoms with E-state index < -0.39 is 0 Å². The molecule has 1 aromatic carbocycles. The molecule has 4 heteroatoms. The van der Waals surface area contributed by atoms with Crippen molar-refractivity contribution >= 4 is 16.9 Å². The van der Waals surface area contributed by atoms with Crippen molar-refractivity contribution in [1.29, 1.82) is 0 Å². The van der Waals surface area contributed by atoms with Gasteiger partial charge in [-0.05, 0) is 38.5 Å². The average Bonchev–Trinajstić information content (AvgIpc) is 2.77. The quantitative estimate of drug-likeness (QED) is 0.818. The van der Waals surface area contributed by atoms with E-state index in [0.29, 0.717) is 24.5 Å². The van der Waals surface area contributed by atoms with E-state index in [2.05, 4.69) is 12.2 Å². The van der Waals surface area contributed by atoms with Gasteiger partial charge in [0, 0.05) is 17.5 Å². The molecule has 1 amide bonds. The topological polar surface area (TPSA) is 51.5 Å². The number of hydrogen-bond acceptors (Lipinski definition) is 3. The van der Waals surface area contributed by atoms with Crippen molar-refractivity contribution in [3.8, 4) is 5.75 Å². The predicted octanol–water partition coefficient (Wildman–Crippen LogP) is 3.67. The number of rotatable bonds is 6. The summed E-state index contributed by atoms with van der Waals surface area (Å²) >= 11 is 0. The molecular formula is C16H21NO3. The zero-order chi connectivity index (χ0) is 14.5. The van der Waals surface area contributed by atoms with Crippen LogP contribution in [0, 0.1) is 6.92 Å². The van der Waals surface area contributed by atoms with Gasteiger partial charge in [-0.3, -0.25) is 4.79 Å². The molecule has 0 radical (unpaired) electrons. The Hall–Kier alpha value is -1.97. The number of hydrogen-bond donors (Lipinski definition) is 1. The van der Waals surface area contributed by atoms with E-state index >= 15 is 0 Å². The van der Waals surface area contributed by atoms with E-state index in [1.165, 1.54) is 0 Å². The van der Waals surface area contributed by atoms with Crippen LogP contribution in [0.1, 0.15) is 42.8 Å². The molecule has 0 bridgehead atoms. The average molecular weight is 275 g/mol. The second-order valence-electron chi connectivity index (χ2n) is 4.76. The summed E-state index contributed by atoms with van der Waals surface area (Å²) in [5, 5.41) is 3.80. The molecule has 0 unspecified atom stereocenters. The second kappa shape index (κ2) is 6.46. The van der Waals surface area contributed by atoms with Crippen LogP contribution in [0.3, 0.4) is 0 Å². The van der Waals surface area contributed by atoms with Crippen molar-refractivity contribution in [2.75, 3.05) is 13.2 Å². The van der Waals surface area contributed by atoms with Crippen LogP contribution < -0.4 is 10.1 Å². The summed E-state index contributed by atoms with van der Waals surface area (Å²) < 4.78 is 11.1. The fourth-order valence-corrected chi connectivity index (χ4v) is 2.13. The SMILES string of the molecule is CCCCNC(=O)c1oc2ccc(OCC)cc2c1C. The first-order valence-electron chi connectivity index (χ1n) is 7.11. The van der Waals surface area contributed by atoms with Gasteiger partial charge in [-0.25, -0.2) is 0 Å². The highest BCUT2D eigenvalue weighted by molar-refractivity contribution is 5.99. The Balaban J connectivity index is 2.26. The number of nitrogens with one attached hydrogen (secondary N) is 1. The van der Waals surface area contributed by atoms with Crippen LogP contribution >= 0.6 is 0 Å². The maximum Gasteiger partial charge on any atom is 0.287 e. The minimum Gasteiger partial charge on any atom is -0.494 e. The lowest BCUT2D eigenvalue weighted by atomic mass is 10.1. The number of benzene rings is 1. The summed E-state index contributed by atoms with van der Waals surface area (Å²) in [6.07, 6.45) is 2.02. The molecular weight excluding hydrogens is 254 g/mol. The van der Waals surface area contributed by atoms with Crippen LogP contribution in [0.2, 0.25) is 0 Å². The molecule has 0 fully saturated rings. The van der Waals surface area contributed by atoms with Gasteiger partial charge < -0.3 is 14.5 Å². The molecule has 108 valence electrons. The van der Waals surface area contributed by atoms with Gasteiger partial charge in [-0.2, -0.15) is 0 Å². The zero-order valence-corrected chi connectivity index (χ0v) is 12.3. The fraction of sp³-hybridized carbons (Fsp3) is 0.438. The van der Waals surface area contributed by atoms with Gasteiger partial charge in [-0.1, -0.05) is 13.3 Å². The summed E-state index contributed by atoms with van der Waals surface area (Å²) in [7, 11) is 0. The molecule has 2 rings (SSSR count). The largest absolute Gasteiger partial charge is 0.494 e. The summed E-state index contributed by atoms with van der Waals surface area (Å²) in [6.45, 7) is 7.23. The number of amides is 1. The lowest BCUT2D eigenvalue weighted by Crippen LogP contribution is -2.24. The number of fused-ring (bicyclic) bond motifs is 1. The minimum atomic E-state index is -0.148. The number of furan rings is 1. The molecule has 4 nitrogen and oxygen atoms in total. The first kappa shape index (κ1) is 14.4. The third-order valence-electron chi connectivity index (χ3n) is 3.24. The number of carbonyl (C=O) groups is 1. The van der Waals surface area contributed by atoms with Gasteiger partial charge in [0.1, 0.15) is 11.3 Å². The summed E-state index contributed by atoms with van der Waals surface area (Å²) in [5.74, 6) is 1.04. The van der Waals surface area contributed by atoms with E-state index in [0.717, 1.165) is 29.5 Å². The Kier molecular flexibility index (Phi) is 4.66. The highest BCUT2D eigenvalue weighted by Crippen LogP contribution is 2.28. The Labute approximate surface area is 119 Å². The Bertz CT molecular complexity index is 601. The molecule has 0 atom stereocenters. The molecule has 1 N–H and O–H groups in total. The third-order valence-corrected chi connectivity index (χ3v) is 3.24. The van der Waals surface area contributed by atoms with Crippen LogP contribution in [-0.2, 0) is 0 Å². The summed E-state index contributed by atoms with van der Waals surface area (Å²) in [5.41, 5.74) is 1.57. The fourth-order valence-electron chi connectivity index (χ4n) is 2.13. The van der Waals surface area contributed by atoms with Crippen LogP contribution in [-0.4, -0.2) is 19.1 Å². The highest BCUT2D eigenvalue weighted by Gasteiger charge is 2.17. The number of aryl methyl sites for hydroxylation is 1. The van der Waals surface area contributed by atoms with E-state index in [1.807, 2.05) is 32.0 Å². The first-order chi connectivity index (χ1) is 9.67. The minimum absolute atomic E-state index is 0.148. The second-order valence-corrected chi connectivity index (χ2v) is 4.76. The Morgan fingerprint density at radius 2 is 2.15 bits per heavy atom. The van der Waals surface area contributed by atoms with Crippen molar-refractivity contribution in [3.63, 3.8) is 0 Å². The molecule has 0 saturated carbocycles. The maximum atomic E-state index is 12.1.